The van der Waals surface area contributed by atoms with Gasteiger partial charge in [-0.15, -0.1) is 0 Å². The summed E-state index contributed by atoms with van der Waals surface area (Å²) in [5.74, 6) is 0.617. The Morgan fingerprint density at radius 1 is 1.03 bits per heavy atom. The van der Waals surface area contributed by atoms with Crippen LogP contribution < -0.4 is 10.3 Å². The van der Waals surface area contributed by atoms with Crippen molar-refractivity contribution in [1.82, 2.24) is 10.2 Å². The van der Waals surface area contributed by atoms with E-state index in [0.29, 0.717) is 36.5 Å². The molecule has 2 aliphatic heterocycles. The number of nitrogens with one attached hydrogen (secondary N) is 2. The number of carbonyl (C=O) groups excluding carboxylic acids is 1. The topological polar surface area (TPSA) is 46.5 Å². The van der Waals surface area contributed by atoms with E-state index in [1.54, 1.807) is 0 Å². The molecule has 1 amide bonds. The number of carbonyl (C=O) groups is 1. The maximum atomic E-state index is 17.5. The summed E-state index contributed by atoms with van der Waals surface area (Å²) in [6.07, 6.45) is 10.2. The molecule has 4 atom stereocenters. The van der Waals surface area contributed by atoms with Gasteiger partial charge in [0.05, 0.1) is 5.41 Å². The Morgan fingerprint density at radius 3 is 2.64 bits per heavy atom. The van der Waals surface area contributed by atoms with Crippen LogP contribution in [-0.2, 0) is 16.6 Å². The Hall–Kier alpha value is -1.98. The molecule has 192 valence electrons. The third-order valence-corrected chi connectivity index (χ3v) is 10.0. The molecular formula is C30H38ClFN3O+. The summed E-state index contributed by atoms with van der Waals surface area (Å²) in [5, 5.41) is 3.87. The van der Waals surface area contributed by atoms with Gasteiger partial charge < -0.3 is 10.2 Å². The van der Waals surface area contributed by atoms with Crippen molar-refractivity contribution in [1.29, 1.82) is 0 Å². The quantitative estimate of drug-likeness (QED) is 0.562. The van der Waals surface area contributed by atoms with Crippen LogP contribution >= 0.6 is 11.6 Å². The number of hydrogen-bond donors (Lipinski definition) is 1. The first-order valence-electron chi connectivity index (χ1n) is 14.0. The van der Waals surface area contributed by atoms with Crippen molar-refractivity contribution < 1.29 is 14.2 Å². The highest BCUT2D eigenvalue weighted by molar-refractivity contribution is 6.28. The lowest BCUT2D eigenvalue weighted by molar-refractivity contribution is -0.390. The molecule has 4 aliphatic rings. The molecule has 2 saturated heterocycles. The molecule has 2 N–H and O–H groups in total. The maximum absolute atomic E-state index is 17.5. The molecule has 1 aromatic carbocycles. The Labute approximate surface area is 219 Å². The average molecular weight is 511 g/mol. The number of amides is 1. The number of piperidine rings is 1. The van der Waals surface area contributed by atoms with Crippen molar-refractivity contribution in [3.05, 3.63) is 64.4 Å². The van der Waals surface area contributed by atoms with Crippen molar-refractivity contribution in [2.75, 3.05) is 19.6 Å². The predicted octanol–water partition coefficient (Wildman–Crippen LogP) is 5.39. The molecule has 4 nitrogen and oxygen atoms in total. The standard InChI is InChI=1S/C30H37ClFN3O/c31-27-14-13-24-25(34-27)12-7-16-29(24)19-33-20-30(29,32)28(36)35-17-15-23(21-8-3-1-4-9-21)18-26(35)22-10-5-2-6-11-22/h1,3-4,8-9,13-14,22-23,26,33H,2,5-7,10-12,15-20H2/p+1/t23-,26+,29+,30?/m1/s1. The largest absolute Gasteiger partial charge is 0.337 e. The number of halogens is 2. The van der Waals surface area contributed by atoms with Gasteiger partial charge >= 0.3 is 0 Å². The molecule has 1 spiro atoms. The van der Waals surface area contributed by atoms with Gasteiger partial charge in [-0.2, -0.15) is 4.98 Å². The summed E-state index contributed by atoms with van der Waals surface area (Å²) in [7, 11) is 0. The Balaban J connectivity index is 1.34. The van der Waals surface area contributed by atoms with Gasteiger partial charge in [-0.3, -0.25) is 4.79 Å². The molecule has 3 heterocycles. The van der Waals surface area contributed by atoms with E-state index in [1.165, 1.54) is 24.8 Å². The van der Waals surface area contributed by atoms with E-state index in [4.69, 9.17) is 11.6 Å². The highest BCUT2D eigenvalue weighted by Gasteiger charge is 2.65. The minimum Gasteiger partial charge on any atom is -0.337 e. The minimum atomic E-state index is -1.95. The van der Waals surface area contributed by atoms with Gasteiger partial charge in [-0.25, -0.2) is 4.39 Å². The summed E-state index contributed by atoms with van der Waals surface area (Å²) < 4.78 is 17.5. The molecule has 6 heteroatoms. The average Bonchev–Trinajstić information content (AvgIpc) is 3.25. The molecule has 2 aliphatic carbocycles. The number of benzene rings is 1. The first-order valence-corrected chi connectivity index (χ1v) is 14.4. The minimum absolute atomic E-state index is 0.0872. The number of likely N-dealkylation sites (tertiary alicyclic amines) is 1. The third kappa shape index (κ3) is 3.98. The first-order chi connectivity index (χ1) is 17.5. The number of H-pyrrole nitrogens is 1. The maximum Gasteiger partial charge on any atom is 0.273 e. The number of nitrogens with zero attached hydrogens (tertiary/aromatic N) is 1. The second kappa shape index (κ2) is 9.72. The zero-order chi connectivity index (χ0) is 24.8. The van der Waals surface area contributed by atoms with Crippen LogP contribution in [0.4, 0.5) is 4.39 Å². The molecule has 36 heavy (non-hydrogen) atoms. The lowest BCUT2D eigenvalue weighted by Gasteiger charge is -2.49. The Kier molecular flexibility index (Phi) is 6.58. The number of rotatable bonds is 3. The van der Waals surface area contributed by atoms with E-state index in [1.807, 2.05) is 17.0 Å². The summed E-state index contributed by atoms with van der Waals surface area (Å²) >= 11 is 6.26. The third-order valence-electron chi connectivity index (χ3n) is 9.80. The number of aromatic nitrogens is 1. The van der Waals surface area contributed by atoms with Crippen molar-refractivity contribution in [3.8, 4) is 0 Å². The fourth-order valence-corrected chi connectivity index (χ4v) is 8.14. The fraction of sp³-hybridized carbons (Fsp3) is 0.600. The van der Waals surface area contributed by atoms with Gasteiger partial charge in [-0.05, 0) is 73.6 Å². The zero-order valence-electron chi connectivity index (χ0n) is 21.1. The number of aryl methyl sites for hydroxylation is 1. The Morgan fingerprint density at radius 2 is 1.83 bits per heavy atom. The molecule has 6 rings (SSSR count). The fourth-order valence-electron chi connectivity index (χ4n) is 7.96. The lowest BCUT2D eigenvalue weighted by Crippen LogP contribution is -2.63. The summed E-state index contributed by atoms with van der Waals surface area (Å²) in [6, 6.07) is 14.6. The van der Waals surface area contributed by atoms with Crippen LogP contribution in [0.3, 0.4) is 0 Å². The van der Waals surface area contributed by atoms with Crippen LogP contribution in [0, 0.1) is 5.92 Å². The van der Waals surface area contributed by atoms with E-state index < -0.39 is 11.1 Å². The van der Waals surface area contributed by atoms with E-state index in [9.17, 15) is 4.79 Å². The molecule has 0 bridgehead atoms. The molecule has 0 radical (unpaired) electrons. The zero-order valence-corrected chi connectivity index (χ0v) is 21.8. The predicted molar refractivity (Wildman–Crippen MR) is 140 cm³/mol. The number of alkyl halides is 1. The van der Waals surface area contributed by atoms with Crippen molar-refractivity contribution >= 4 is 17.5 Å². The van der Waals surface area contributed by atoms with Crippen LogP contribution in [0.15, 0.2) is 42.5 Å². The smallest absolute Gasteiger partial charge is 0.273 e. The highest BCUT2D eigenvalue weighted by atomic mass is 35.5. The lowest BCUT2D eigenvalue weighted by atomic mass is 9.63. The Bertz CT molecular complexity index is 1110. The normalized spacial score (nSPS) is 33.0. The molecule has 2 aromatic rings. The summed E-state index contributed by atoms with van der Waals surface area (Å²) in [5.41, 5.74) is 0.488. The second-order valence-electron chi connectivity index (χ2n) is 11.6. The van der Waals surface area contributed by atoms with Gasteiger partial charge in [0.25, 0.3) is 11.1 Å². The molecule has 3 fully saturated rings. The second-order valence-corrected chi connectivity index (χ2v) is 12.0. The van der Waals surface area contributed by atoms with Crippen LogP contribution in [-0.4, -0.2) is 42.2 Å². The van der Waals surface area contributed by atoms with E-state index in [2.05, 4.69) is 40.6 Å². The van der Waals surface area contributed by atoms with Gasteiger partial charge in [0.1, 0.15) is 0 Å². The van der Waals surface area contributed by atoms with Crippen LogP contribution in [0.25, 0.3) is 0 Å². The number of fused-ring (bicyclic) bond motifs is 2. The van der Waals surface area contributed by atoms with E-state index in [-0.39, 0.29) is 18.5 Å². The van der Waals surface area contributed by atoms with Gasteiger partial charge in [0.15, 0.2) is 5.69 Å². The van der Waals surface area contributed by atoms with Crippen LogP contribution in [0.2, 0.25) is 5.15 Å². The number of pyridine rings is 1. The van der Waals surface area contributed by atoms with Gasteiger partial charge in [0.2, 0.25) is 5.67 Å². The highest BCUT2D eigenvalue weighted by Crippen LogP contribution is 2.51. The number of hydrogen-bond acceptors (Lipinski definition) is 2. The van der Waals surface area contributed by atoms with Crippen molar-refractivity contribution in [2.45, 2.75) is 87.3 Å². The number of aromatic amines is 1. The summed E-state index contributed by atoms with van der Waals surface area (Å²) in [4.78, 5) is 19.7. The molecular weight excluding hydrogens is 473 g/mol. The van der Waals surface area contributed by atoms with Gasteiger partial charge in [0, 0.05) is 43.7 Å². The van der Waals surface area contributed by atoms with Crippen molar-refractivity contribution in [3.63, 3.8) is 0 Å². The summed E-state index contributed by atoms with van der Waals surface area (Å²) in [6.45, 7) is 1.22. The van der Waals surface area contributed by atoms with Crippen molar-refractivity contribution in [2.24, 2.45) is 5.92 Å². The van der Waals surface area contributed by atoms with Gasteiger partial charge in [-0.1, -0.05) is 49.6 Å². The first kappa shape index (κ1) is 24.4. The molecule has 1 unspecified atom stereocenters. The van der Waals surface area contributed by atoms with E-state index >= 15 is 4.39 Å². The van der Waals surface area contributed by atoms with Crippen LogP contribution in [0.5, 0.6) is 0 Å². The molecule has 1 saturated carbocycles. The SMILES string of the molecule is O=C(N1CC[C@@H](c2ccccc2)C[C@H]1C1CCCCC1)C1(F)CNC[C@]12CCCc1[nH+]c(Cl)ccc12. The van der Waals surface area contributed by atoms with E-state index in [0.717, 1.165) is 49.8 Å². The monoisotopic (exact) mass is 510 g/mol. The van der Waals surface area contributed by atoms with Crippen LogP contribution in [0.1, 0.15) is 80.5 Å². The molecule has 1 aromatic heterocycles.